The Balaban J connectivity index is 2.69. The van der Waals surface area contributed by atoms with E-state index in [2.05, 4.69) is 17.2 Å². The molecule has 3 nitrogen and oxygen atoms in total. The van der Waals surface area contributed by atoms with Crippen LogP contribution in [0.3, 0.4) is 0 Å². The van der Waals surface area contributed by atoms with Crippen LogP contribution in [0.25, 0.3) is 0 Å². The number of carbonyl (C=O) groups excluding carboxylic acids is 1. The van der Waals surface area contributed by atoms with Crippen molar-refractivity contribution < 1.29 is 9.90 Å². The van der Waals surface area contributed by atoms with Gasteiger partial charge in [-0.1, -0.05) is 37.8 Å². The van der Waals surface area contributed by atoms with E-state index >= 15 is 0 Å². The maximum atomic E-state index is 11.8. The highest BCUT2D eigenvalue weighted by Gasteiger charge is 2.10. The Morgan fingerprint density at radius 1 is 1.35 bits per heavy atom. The molecule has 20 heavy (non-hydrogen) atoms. The van der Waals surface area contributed by atoms with Crippen molar-refractivity contribution in [3.8, 4) is 11.8 Å². The predicted molar refractivity (Wildman–Crippen MR) is 81.0 cm³/mol. The zero-order chi connectivity index (χ0) is 15.0. The maximum absolute atomic E-state index is 11.8. The van der Waals surface area contributed by atoms with Crippen molar-refractivity contribution in [2.24, 2.45) is 5.92 Å². The highest BCUT2D eigenvalue weighted by Crippen LogP contribution is 2.14. The van der Waals surface area contributed by atoms with E-state index in [0.29, 0.717) is 18.8 Å². The molecule has 0 heterocycles. The van der Waals surface area contributed by atoms with Gasteiger partial charge in [-0.3, -0.25) is 4.79 Å². The molecular weight excluding hydrogens is 250 g/mol. The van der Waals surface area contributed by atoms with Crippen molar-refractivity contribution in [1.82, 2.24) is 5.32 Å². The summed E-state index contributed by atoms with van der Waals surface area (Å²) in [5, 5.41) is 11.7. The van der Waals surface area contributed by atoms with Crippen LogP contribution < -0.4 is 5.32 Å². The van der Waals surface area contributed by atoms with Crippen molar-refractivity contribution >= 4 is 5.91 Å². The van der Waals surface area contributed by atoms with Crippen LogP contribution in [0, 0.1) is 17.8 Å². The minimum atomic E-state index is -0.0270. The lowest BCUT2D eigenvalue weighted by Gasteiger charge is -2.15. The number of hydrogen-bond donors (Lipinski definition) is 2. The van der Waals surface area contributed by atoms with E-state index in [1.165, 1.54) is 0 Å². The standard InChI is InChI=1S/C17H23NO2/c1-13(2)11-17(20)18-14(3)16-9-6-8-15(12-16)7-4-5-10-19/h6,8-9,12-14,19H,5,10-11H2,1-3H3,(H,18,20). The quantitative estimate of drug-likeness (QED) is 0.810. The van der Waals surface area contributed by atoms with Crippen LogP contribution in [-0.2, 0) is 4.79 Å². The molecule has 0 aromatic heterocycles. The molecular formula is C17H23NO2. The third kappa shape index (κ3) is 5.90. The molecule has 2 N–H and O–H groups in total. The Hall–Kier alpha value is -1.79. The van der Waals surface area contributed by atoms with Crippen molar-refractivity contribution in [3.63, 3.8) is 0 Å². The number of carbonyl (C=O) groups is 1. The van der Waals surface area contributed by atoms with Gasteiger partial charge in [-0.05, 0) is 30.5 Å². The molecule has 3 heteroatoms. The third-order valence-electron chi connectivity index (χ3n) is 2.83. The Labute approximate surface area is 121 Å². The van der Waals surface area contributed by atoms with E-state index in [4.69, 9.17) is 5.11 Å². The van der Waals surface area contributed by atoms with E-state index < -0.39 is 0 Å². The first kappa shape index (κ1) is 16.3. The zero-order valence-corrected chi connectivity index (χ0v) is 12.4. The summed E-state index contributed by atoms with van der Waals surface area (Å²) in [5.41, 5.74) is 1.94. The second-order valence-electron chi connectivity index (χ2n) is 5.29. The molecule has 0 aliphatic heterocycles. The van der Waals surface area contributed by atoms with E-state index in [-0.39, 0.29) is 18.6 Å². The van der Waals surface area contributed by atoms with Crippen LogP contribution in [0.15, 0.2) is 24.3 Å². The number of rotatable bonds is 5. The first-order valence-corrected chi connectivity index (χ1v) is 7.02. The van der Waals surface area contributed by atoms with Gasteiger partial charge in [0.15, 0.2) is 0 Å². The molecule has 0 radical (unpaired) electrons. The van der Waals surface area contributed by atoms with E-state index in [1.54, 1.807) is 0 Å². The number of benzene rings is 1. The van der Waals surface area contributed by atoms with Gasteiger partial charge in [-0.15, -0.1) is 0 Å². The number of aliphatic hydroxyl groups is 1. The van der Waals surface area contributed by atoms with Crippen LogP contribution in [0.1, 0.15) is 50.8 Å². The Morgan fingerprint density at radius 2 is 2.10 bits per heavy atom. The number of aliphatic hydroxyl groups excluding tert-OH is 1. The zero-order valence-electron chi connectivity index (χ0n) is 12.4. The van der Waals surface area contributed by atoms with Gasteiger partial charge in [-0.2, -0.15) is 0 Å². The highest BCUT2D eigenvalue weighted by atomic mass is 16.2. The molecule has 0 bridgehead atoms. The summed E-state index contributed by atoms with van der Waals surface area (Å²) >= 11 is 0. The van der Waals surface area contributed by atoms with Crippen molar-refractivity contribution in [2.75, 3.05) is 6.61 Å². The molecule has 0 spiro atoms. The lowest BCUT2D eigenvalue weighted by Crippen LogP contribution is -2.27. The van der Waals surface area contributed by atoms with Gasteiger partial charge in [0, 0.05) is 18.4 Å². The van der Waals surface area contributed by atoms with Crippen molar-refractivity contribution in [2.45, 2.75) is 39.7 Å². The maximum Gasteiger partial charge on any atom is 0.220 e. The first-order valence-electron chi connectivity index (χ1n) is 7.02. The summed E-state index contributed by atoms with van der Waals surface area (Å²) in [6, 6.07) is 7.79. The molecule has 0 aliphatic carbocycles. The molecule has 1 amide bonds. The summed E-state index contributed by atoms with van der Waals surface area (Å²) in [6.07, 6.45) is 1.02. The van der Waals surface area contributed by atoms with E-state index in [9.17, 15) is 4.79 Å². The minimum Gasteiger partial charge on any atom is -0.395 e. The van der Waals surface area contributed by atoms with Gasteiger partial charge in [0.2, 0.25) is 5.91 Å². The lowest BCUT2D eigenvalue weighted by atomic mass is 10.0. The summed E-state index contributed by atoms with van der Waals surface area (Å²) in [6.45, 7) is 6.11. The molecule has 1 unspecified atom stereocenters. The summed E-state index contributed by atoms with van der Waals surface area (Å²) in [7, 11) is 0. The van der Waals surface area contributed by atoms with Gasteiger partial charge in [-0.25, -0.2) is 0 Å². The Kier molecular flexibility index (Phi) is 6.83. The molecule has 0 aliphatic rings. The fraction of sp³-hybridized carbons (Fsp3) is 0.471. The highest BCUT2D eigenvalue weighted by molar-refractivity contribution is 5.76. The molecule has 1 rings (SSSR count). The van der Waals surface area contributed by atoms with Crippen LogP contribution in [-0.4, -0.2) is 17.6 Å². The minimum absolute atomic E-state index is 0.0270. The monoisotopic (exact) mass is 273 g/mol. The average Bonchev–Trinajstić information content (AvgIpc) is 2.38. The van der Waals surface area contributed by atoms with E-state index in [0.717, 1.165) is 11.1 Å². The molecule has 1 aromatic carbocycles. The van der Waals surface area contributed by atoms with Crippen molar-refractivity contribution in [1.29, 1.82) is 0 Å². The fourth-order valence-electron chi connectivity index (χ4n) is 1.86. The first-order chi connectivity index (χ1) is 9.52. The van der Waals surface area contributed by atoms with Gasteiger partial charge >= 0.3 is 0 Å². The average molecular weight is 273 g/mol. The van der Waals surface area contributed by atoms with Crippen LogP contribution in [0.2, 0.25) is 0 Å². The van der Waals surface area contributed by atoms with E-state index in [1.807, 2.05) is 45.0 Å². The largest absolute Gasteiger partial charge is 0.395 e. The predicted octanol–water partition coefficient (Wildman–Crippen LogP) is 2.64. The lowest BCUT2D eigenvalue weighted by molar-refractivity contribution is -0.122. The Bertz CT molecular complexity index is 497. The van der Waals surface area contributed by atoms with Gasteiger partial charge in [0.25, 0.3) is 0 Å². The molecule has 1 atom stereocenters. The molecule has 108 valence electrons. The molecule has 1 aromatic rings. The second-order valence-corrected chi connectivity index (χ2v) is 5.29. The topological polar surface area (TPSA) is 49.3 Å². The number of nitrogens with one attached hydrogen (secondary N) is 1. The summed E-state index contributed by atoms with van der Waals surface area (Å²) in [5.74, 6) is 6.33. The molecule has 0 saturated carbocycles. The van der Waals surface area contributed by atoms with Crippen LogP contribution in [0.5, 0.6) is 0 Å². The number of amides is 1. The summed E-state index contributed by atoms with van der Waals surface area (Å²) < 4.78 is 0. The summed E-state index contributed by atoms with van der Waals surface area (Å²) in [4.78, 5) is 11.8. The number of hydrogen-bond acceptors (Lipinski definition) is 2. The normalized spacial score (nSPS) is 11.7. The van der Waals surface area contributed by atoms with Crippen LogP contribution in [0.4, 0.5) is 0 Å². The van der Waals surface area contributed by atoms with Crippen LogP contribution >= 0.6 is 0 Å². The molecule has 0 fully saturated rings. The fourth-order valence-corrected chi connectivity index (χ4v) is 1.86. The molecule has 0 saturated heterocycles. The van der Waals surface area contributed by atoms with Gasteiger partial charge < -0.3 is 10.4 Å². The second kappa shape index (κ2) is 8.39. The van der Waals surface area contributed by atoms with Gasteiger partial charge in [0.05, 0.1) is 12.6 Å². The third-order valence-corrected chi connectivity index (χ3v) is 2.83. The SMILES string of the molecule is CC(C)CC(=O)NC(C)c1cccc(C#CCCO)c1. The van der Waals surface area contributed by atoms with Crippen molar-refractivity contribution in [3.05, 3.63) is 35.4 Å². The smallest absolute Gasteiger partial charge is 0.220 e. The van der Waals surface area contributed by atoms with Gasteiger partial charge in [0.1, 0.15) is 0 Å². The Morgan fingerprint density at radius 3 is 2.75 bits per heavy atom.